The van der Waals surface area contributed by atoms with Crippen LogP contribution in [0, 0.1) is 0 Å². The maximum Gasteiger partial charge on any atom is 0.292 e. The van der Waals surface area contributed by atoms with Crippen LogP contribution in [0.2, 0.25) is 0 Å². The van der Waals surface area contributed by atoms with Crippen LogP contribution in [0.3, 0.4) is 0 Å². The molecule has 35 heteroatoms. The first-order valence-corrected chi connectivity index (χ1v) is 31.9. The molecule has 1 aromatic carbocycles. The van der Waals surface area contributed by atoms with Crippen molar-refractivity contribution < 1.29 is 67.5 Å². The van der Waals surface area contributed by atoms with Gasteiger partial charge in [-0.15, -0.1) is 0 Å². The number of anilines is 7. The van der Waals surface area contributed by atoms with Gasteiger partial charge in [0.1, 0.15) is 34.2 Å². The summed E-state index contributed by atoms with van der Waals surface area (Å²) in [6.07, 6.45) is 14.8. The number of carbonyl (C=O) groups excluding carboxylic acids is 12. The van der Waals surface area contributed by atoms with E-state index in [0.29, 0.717) is 43.0 Å². The fourth-order valence-electron chi connectivity index (χ4n) is 11.1. The smallest absolute Gasteiger partial charge is 0.292 e. The quantitative estimate of drug-likeness (QED) is 0.0277. The number of aryl methyl sites for hydroxylation is 8. The molecule has 534 valence electrons. The van der Waals surface area contributed by atoms with Crippen molar-refractivity contribution in [2.75, 3.05) is 77.0 Å². The van der Waals surface area contributed by atoms with Crippen LogP contribution in [0.15, 0.2) is 116 Å². The molecule has 8 aromatic heterocycles. The molecule has 0 aliphatic rings. The lowest BCUT2D eigenvalue weighted by Gasteiger charge is -2.18. The molecule has 102 heavy (non-hydrogen) atoms. The van der Waals surface area contributed by atoms with Gasteiger partial charge in [0.05, 0.1) is 66.3 Å². The topological polar surface area (TPSA) is 430 Å². The van der Waals surface area contributed by atoms with Crippen molar-refractivity contribution in [1.82, 2.24) is 67.8 Å². The molecule has 0 fully saturated rings. The Morgan fingerprint density at radius 3 is 1.25 bits per heavy atom. The van der Waals surface area contributed by atoms with Crippen molar-refractivity contribution in [3.8, 4) is 0 Å². The molecule has 0 aliphatic heterocycles. The van der Waals surface area contributed by atoms with Crippen LogP contribution in [-0.2, 0) is 66.0 Å². The molecule has 8 heterocycles. The number of nitrogens with zero attached hydrogens (tertiary/aromatic N) is 10. The summed E-state index contributed by atoms with van der Waals surface area (Å²) in [5.74, 6) is -6.82. The normalized spacial score (nSPS) is 11.6. The number of rotatable bonds is 30. The highest BCUT2D eigenvalue weighted by Crippen LogP contribution is 2.24. The molecule has 1 unspecified atom stereocenters. The van der Waals surface area contributed by atoms with Gasteiger partial charge in [-0.3, -0.25) is 52.7 Å². The van der Waals surface area contributed by atoms with E-state index in [9.17, 15) is 62.6 Å². The minimum absolute atomic E-state index is 0.0271. The van der Waals surface area contributed by atoms with Gasteiger partial charge < -0.3 is 110 Å². The lowest BCUT2D eigenvalue weighted by atomic mass is 10.1. The first kappa shape index (κ1) is 73.2. The minimum atomic E-state index is -1.36. The van der Waals surface area contributed by atoms with Crippen LogP contribution in [-0.4, -0.2) is 163 Å². The SMILES string of the molecule is CC(=O)N[C@@H](CNC(=O)c1cc(NC(=O)c2cc(NC(=O)c3nc(NC(=O)c4nccn4C)cn3C)cn2C)cn1C)CC(=O)Nc1cc(C(=O)Nc2cc(C(=O)Nc3cc(C(=O)Nc4cc(C(=O)NCCC[NH+](C)CCCNC(=O)c5cccc(C(=O)[O-])c5)n(C)c4)n(C)c3)n(C)c2)n(C)c1. The zero-order valence-corrected chi connectivity index (χ0v) is 57.5. The fraction of sp³-hybridized carbons (Fsp3) is 0.284. The maximum atomic E-state index is 13.7. The third kappa shape index (κ3) is 18.6. The molecule has 12 N–H and O–H groups in total. The summed E-state index contributed by atoms with van der Waals surface area (Å²) in [6.45, 7) is 3.35. The standard InChI is InChI=1S/C67H78N22O13/c1-38(90)72-41(30-71-60(94)49-25-44(33-84(49)5)75-64(98)53-28-47(36-88(53)9)78-66(100)57-79-54(37-89(57)10)80-65(99)56-68-18-21-82(56)3)29-55(91)73-42-23-50(85(6)31-42)61(95)76-45-26-52(87(8)34-45)63(97)77-46-27-51(86(7)35-46)62(96)74-43-24-48(83(4)32-43)59(93)70-17-13-20-81(2)19-12-16-69-58(92)39-14-11-15-40(22-39)67(101)102/h11,14-15,18,21-28,31-37,41H,12-13,16-17,19-20,29-30H2,1-10H3,(H,69,92)(H,70,93)(H,71,94)(H,72,90)(H,73,91)(H,74,96)(H,75,98)(H,76,95)(H,77,97)(H,78,100)(H,80,99)(H,101,102)/t41-/m1/s1. The maximum absolute atomic E-state index is 13.7. The summed E-state index contributed by atoms with van der Waals surface area (Å²) in [6, 6.07) is 13.6. The molecule has 11 amide bonds. The largest absolute Gasteiger partial charge is 0.545 e. The van der Waals surface area contributed by atoms with Crippen LogP contribution in [0.5, 0.6) is 0 Å². The Hall–Kier alpha value is -13.1. The minimum Gasteiger partial charge on any atom is -0.545 e. The number of imidazole rings is 2. The third-order valence-electron chi connectivity index (χ3n) is 16.2. The zero-order valence-electron chi connectivity index (χ0n) is 57.5. The van der Waals surface area contributed by atoms with Gasteiger partial charge in [-0.2, -0.15) is 0 Å². The number of benzene rings is 1. The van der Waals surface area contributed by atoms with Gasteiger partial charge in [-0.05, 0) is 54.1 Å². The number of carboxylic acids is 1. The Balaban J connectivity index is 0.696. The number of carboxylic acid groups (broad SMARTS) is 1. The number of hydrogen-bond acceptors (Lipinski definition) is 15. The van der Waals surface area contributed by atoms with Gasteiger partial charge in [0, 0.05) is 164 Å². The second-order valence-corrected chi connectivity index (χ2v) is 24.4. The summed E-state index contributed by atoms with van der Waals surface area (Å²) >= 11 is 0. The van der Waals surface area contributed by atoms with Gasteiger partial charge in [0.15, 0.2) is 11.6 Å². The van der Waals surface area contributed by atoms with E-state index in [1.165, 1.54) is 136 Å². The number of hydrogen-bond donors (Lipinski definition) is 12. The van der Waals surface area contributed by atoms with E-state index < -0.39 is 65.2 Å². The van der Waals surface area contributed by atoms with E-state index in [1.807, 2.05) is 7.05 Å². The first-order valence-electron chi connectivity index (χ1n) is 31.9. The van der Waals surface area contributed by atoms with Crippen LogP contribution < -0.4 is 68.5 Å². The molecule has 0 saturated carbocycles. The average molecular weight is 1400 g/mol. The predicted molar refractivity (Wildman–Crippen MR) is 371 cm³/mol. The van der Waals surface area contributed by atoms with E-state index in [0.717, 1.165) is 13.1 Å². The molecule has 0 radical (unpaired) electrons. The van der Waals surface area contributed by atoms with Gasteiger partial charge in [0.25, 0.3) is 53.2 Å². The second-order valence-electron chi connectivity index (χ2n) is 24.4. The number of aromatic nitrogens is 10. The Morgan fingerprint density at radius 1 is 0.441 bits per heavy atom. The predicted octanol–water partition coefficient (Wildman–Crippen LogP) is 0.780. The van der Waals surface area contributed by atoms with Crippen LogP contribution >= 0.6 is 0 Å². The van der Waals surface area contributed by atoms with Crippen molar-refractivity contribution in [3.05, 3.63) is 173 Å². The highest BCUT2D eigenvalue weighted by molar-refractivity contribution is 6.10. The monoisotopic (exact) mass is 1400 g/mol. The van der Waals surface area contributed by atoms with E-state index in [4.69, 9.17) is 0 Å². The number of quaternary nitrogens is 1. The second kappa shape index (κ2) is 32.1. The Labute approximate surface area is 583 Å². The van der Waals surface area contributed by atoms with Gasteiger partial charge in [-0.25, -0.2) is 9.97 Å². The Kier molecular flexibility index (Phi) is 23.0. The van der Waals surface area contributed by atoms with Crippen molar-refractivity contribution in [2.45, 2.75) is 32.2 Å². The number of aromatic carboxylic acids is 1. The summed E-state index contributed by atoms with van der Waals surface area (Å²) in [4.78, 5) is 166. The Morgan fingerprint density at radius 2 is 0.833 bits per heavy atom. The molecule has 35 nitrogen and oxygen atoms in total. The van der Waals surface area contributed by atoms with Crippen molar-refractivity contribution >= 4 is 111 Å². The van der Waals surface area contributed by atoms with E-state index in [1.54, 1.807) is 85.6 Å². The summed E-state index contributed by atoms with van der Waals surface area (Å²) in [5.41, 5.74) is 2.91. The summed E-state index contributed by atoms with van der Waals surface area (Å²) < 4.78 is 12.0. The summed E-state index contributed by atoms with van der Waals surface area (Å²) in [5, 5.41) is 41.4. The first-order chi connectivity index (χ1) is 48.5. The molecule has 0 spiro atoms. The molecule has 2 atom stereocenters. The lowest BCUT2D eigenvalue weighted by molar-refractivity contribution is -0.879. The van der Waals surface area contributed by atoms with Crippen LogP contribution in [0.1, 0.15) is 131 Å². The molecule has 0 saturated heterocycles. The zero-order chi connectivity index (χ0) is 73.8. The highest BCUT2D eigenvalue weighted by Gasteiger charge is 2.25. The van der Waals surface area contributed by atoms with E-state index >= 15 is 0 Å². The molecular formula is C67H78N22O13. The van der Waals surface area contributed by atoms with Crippen molar-refractivity contribution in [1.29, 1.82) is 0 Å². The lowest BCUT2D eigenvalue weighted by Crippen LogP contribution is -3.09. The number of nitrogens with one attached hydrogen (secondary N) is 12. The fourth-order valence-corrected chi connectivity index (χ4v) is 11.1. The highest BCUT2D eigenvalue weighted by atomic mass is 16.4. The van der Waals surface area contributed by atoms with Gasteiger partial charge >= 0.3 is 0 Å². The number of carbonyl (C=O) groups is 12. The molecule has 0 bridgehead atoms. The Bertz CT molecular complexity index is 4740. The van der Waals surface area contributed by atoms with Crippen LogP contribution in [0.4, 0.5) is 39.9 Å². The number of amides is 11. The van der Waals surface area contributed by atoms with E-state index in [-0.39, 0.29) is 105 Å². The molecule has 0 aliphatic carbocycles. The average Bonchev–Trinajstić information content (AvgIpc) is 1.68. The van der Waals surface area contributed by atoms with Crippen molar-refractivity contribution in [3.63, 3.8) is 0 Å². The molecule has 9 rings (SSSR count). The van der Waals surface area contributed by atoms with Gasteiger partial charge in [-0.1, -0.05) is 12.1 Å². The summed E-state index contributed by atoms with van der Waals surface area (Å²) in [7, 11) is 14.9. The van der Waals surface area contributed by atoms with Gasteiger partial charge in [0.2, 0.25) is 17.6 Å². The van der Waals surface area contributed by atoms with Crippen LogP contribution in [0.25, 0.3) is 0 Å². The van der Waals surface area contributed by atoms with E-state index in [2.05, 4.69) is 68.5 Å². The molecule has 9 aromatic rings. The third-order valence-corrected chi connectivity index (χ3v) is 16.2. The van der Waals surface area contributed by atoms with Crippen molar-refractivity contribution in [2.24, 2.45) is 56.4 Å². The molecular weight excluding hydrogens is 1320 g/mol.